The van der Waals surface area contributed by atoms with E-state index in [0.717, 1.165) is 44.7 Å². The van der Waals surface area contributed by atoms with Crippen molar-refractivity contribution < 1.29 is 26.5 Å². The molecule has 4 aromatic rings. The first-order chi connectivity index (χ1) is 12.2. The number of ether oxygens (including phenoxy) is 1. The van der Waals surface area contributed by atoms with Crippen molar-refractivity contribution in [3.63, 3.8) is 0 Å². The molecule has 0 radical (unpaired) electrons. The number of benzene rings is 2. The lowest BCUT2D eigenvalue weighted by molar-refractivity contribution is -0.693. The lowest BCUT2D eigenvalue weighted by Crippen LogP contribution is -3.00. The number of hydrogen-bond acceptors (Lipinski definition) is 3. The maximum atomic E-state index is 12.6. The van der Waals surface area contributed by atoms with Crippen LogP contribution in [0.15, 0.2) is 42.7 Å². The summed E-state index contributed by atoms with van der Waals surface area (Å²) in [5, 5.41) is 4.09. The quantitative estimate of drug-likeness (QED) is 0.389. The summed E-state index contributed by atoms with van der Waals surface area (Å²) in [5.74, 6) is -0.335. The first kappa shape index (κ1) is 18.2. The molecule has 134 valence electrons. The maximum Gasteiger partial charge on any atom is 0.340 e. The zero-order valence-electron chi connectivity index (χ0n) is 14.7. The van der Waals surface area contributed by atoms with E-state index in [-0.39, 0.29) is 18.4 Å². The predicted octanol–water partition coefficient (Wildman–Crippen LogP) is -0.180. The summed E-state index contributed by atoms with van der Waals surface area (Å²) in [4.78, 5) is 16.0. The van der Waals surface area contributed by atoms with Gasteiger partial charge in [0.2, 0.25) is 0 Å². The lowest BCUT2D eigenvalue weighted by Gasteiger charge is -2.10. The maximum absolute atomic E-state index is 12.6. The van der Waals surface area contributed by atoms with E-state index in [1.54, 1.807) is 0 Å². The number of aromatic nitrogens is 2. The number of rotatable bonds is 3. The first-order valence-electron chi connectivity index (χ1n) is 8.30. The average Bonchev–Trinajstić information content (AvgIpc) is 3.01. The van der Waals surface area contributed by atoms with Crippen LogP contribution >= 0.6 is 0 Å². The van der Waals surface area contributed by atoms with Gasteiger partial charge in [-0.3, -0.25) is 0 Å². The molecule has 0 amide bonds. The number of carbonyl (C=O) groups is 1. The van der Waals surface area contributed by atoms with E-state index in [9.17, 15) is 4.79 Å². The molecule has 3 N–H and O–H groups in total. The van der Waals surface area contributed by atoms with Crippen LogP contribution in [-0.2, 0) is 11.3 Å². The molecule has 4 rings (SSSR count). The van der Waals surface area contributed by atoms with E-state index in [1.807, 2.05) is 30.5 Å². The Morgan fingerprint density at radius 2 is 1.96 bits per heavy atom. The molecule has 0 fully saturated rings. The highest BCUT2D eigenvalue weighted by Gasteiger charge is 2.22. The Morgan fingerprint density at radius 1 is 1.19 bits per heavy atom. The molecule has 26 heavy (non-hydrogen) atoms. The smallest absolute Gasteiger partial charge is 0.340 e. The van der Waals surface area contributed by atoms with Gasteiger partial charge in [0, 0.05) is 27.7 Å². The van der Waals surface area contributed by atoms with Crippen molar-refractivity contribution in [2.45, 2.75) is 13.5 Å². The van der Waals surface area contributed by atoms with Crippen LogP contribution in [-0.4, -0.2) is 24.6 Å². The van der Waals surface area contributed by atoms with E-state index in [0.29, 0.717) is 12.1 Å². The number of carbonyl (C=O) groups excluding carboxylic acids is 1. The number of H-pyrrole nitrogens is 1. The van der Waals surface area contributed by atoms with Crippen LogP contribution in [0.25, 0.3) is 32.6 Å². The van der Waals surface area contributed by atoms with Crippen LogP contribution in [0.1, 0.15) is 15.9 Å². The molecule has 0 aliphatic carbocycles. The van der Waals surface area contributed by atoms with E-state index >= 15 is 0 Å². The molecule has 0 aliphatic rings. The van der Waals surface area contributed by atoms with Crippen molar-refractivity contribution in [1.82, 2.24) is 4.98 Å². The Hall–Kier alpha value is -2.63. The molecule has 0 aliphatic heterocycles. The van der Waals surface area contributed by atoms with E-state index in [1.165, 1.54) is 7.11 Å². The van der Waals surface area contributed by atoms with Gasteiger partial charge in [-0.05, 0) is 18.6 Å². The fraction of sp³-hybridized carbons (Fsp3) is 0.200. The molecule has 0 saturated heterocycles. The fourth-order valence-corrected chi connectivity index (χ4v) is 3.65. The first-order valence-corrected chi connectivity index (χ1v) is 8.30. The topological polar surface area (TPSA) is 72.0 Å². The Kier molecular flexibility index (Phi) is 4.85. The standard InChI is InChI=1S/C20H19N3O2.ClH/c1-12-15-11-23(10-8-21)9-7-13(15)18(20(24)25-2)19-17(12)14-5-3-4-6-16(14)22-19;/h3-7,9,11H,8,10,21H2,1-2H3;1H. The Balaban J connectivity index is 0.00000196. The summed E-state index contributed by atoms with van der Waals surface area (Å²) in [6, 6.07) is 10.1. The molecule has 2 aromatic heterocycles. The third-order valence-corrected chi connectivity index (χ3v) is 4.80. The van der Waals surface area contributed by atoms with Crippen molar-refractivity contribution in [1.29, 1.82) is 0 Å². The zero-order valence-corrected chi connectivity index (χ0v) is 15.4. The van der Waals surface area contributed by atoms with Gasteiger partial charge in [0.05, 0.1) is 30.1 Å². The largest absolute Gasteiger partial charge is 1.00 e. The summed E-state index contributed by atoms with van der Waals surface area (Å²) in [5.41, 5.74) is 9.25. The molecule has 2 heterocycles. The van der Waals surface area contributed by atoms with Crippen molar-refractivity contribution in [3.05, 3.63) is 53.9 Å². The summed E-state index contributed by atoms with van der Waals surface area (Å²) in [6.45, 7) is 3.39. The normalized spacial score (nSPS) is 11.0. The third-order valence-electron chi connectivity index (χ3n) is 4.80. The molecule has 0 bridgehead atoms. The molecular formula is C20H20ClN3O2. The van der Waals surface area contributed by atoms with Gasteiger partial charge in [0.25, 0.3) is 0 Å². The predicted molar refractivity (Wildman–Crippen MR) is 98.6 cm³/mol. The third kappa shape index (κ3) is 2.60. The van der Waals surface area contributed by atoms with Gasteiger partial charge in [-0.1, -0.05) is 18.2 Å². The summed E-state index contributed by atoms with van der Waals surface area (Å²) in [6.07, 6.45) is 4.01. The Labute approximate surface area is 157 Å². The number of methoxy groups -OCH3 is 1. The molecule has 2 aromatic carbocycles. The molecule has 5 nitrogen and oxygen atoms in total. The van der Waals surface area contributed by atoms with Gasteiger partial charge in [0.1, 0.15) is 0 Å². The lowest BCUT2D eigenvalue weighted by atomic mass is 9.96. The van der Waals surface area contributed by atoms with Gasteiger partial charge in [-0.25, -0.2) is 9.36 Å². The molecule has 0 unspecified atom stereocenters. The number of aryl methyl sites for hydroxylation is 1. The van der Waals surface area contributed by atoms with Gasteiger partial charge in [0.15, 0.2) is 18.9 Å². The Morgan fingerprint density at radius 3 is 2.69 bits per heavy atom. The number of nitrogens with zero attached hydrogens (tertiary/aromatic N) is 1. The van der Waals surface area contributed by atoms with Crippen LogP contribution in [0.3, 0.4) is 0 Å². The molecule has 0 spiro atoms. The highest BCUT2D eigenvalue weighted by atomic mass is 35.5. The monoisotopic (exact) mass is 369 g/mol. The van der Waals surface area contributed by atoms with Gasteiger partial charge in [-0.2, -0.15) is 0 Å². The summed E-state index contributed by atoms with van der Waals surface area (Å²) < 4.78 is 7.13. The number of esters is 1. The van der Waals surface area contributed by atoms with Crippen molar-refractivity contribution in [2.24, 2.45) is 5.73 Å². The van der Waals surface area contributed by atoms with Crippen LogP contribution in [0, 0.1) is 6.92 Å². The number of pyridine rings is 1. The minimum atomic E-state index is -0.335. The minimum absolute atomic E-state index is 0. The Bertz CT molecular complexity index is 1130. The highest BCUT2D eigenvalue weighted by Crippen LogP contribution is 2.36. The molecule has 0 saturated carbocycles. The van der Waals surface area contributed by atoms with Crippen molar-refractivity contribution in [3.8, 4) is 0 Å². The zero-order chi connectivity index (χ0) is 17.6. The number of nitrogens with two attached hydrogens (primary N) is 1. The second kappa shape index (κ2) is 6.94. The van der Waals surface area contributed by atoms with E-state index in [4.69, 9.17) is 10.5 Å². The van der Waals surface area contributed by atoms with Gasteiger partial charge in [-0.15, -0.1) is 0 Å². The number of halogens is 1. The van der Waals surface area contributed by atoms with Gasteiger partial charge < -0.3 is 27.9 Å². The van der Waals surface area contributed by atoms with Crippen LogP contribution in [0.5, 0.6) is 0 Å². The fourth-order valence-electron chi connectivity index (χ4n) is 3.65. The average molecular weight is 370 g/mol. The number of aromatic amines is 1. The SMILES string of the molecule is COC(=O)c1c2cc[n+](CCN)cc2c(C)c2c1[nH]c1ccccc12.[Cl-]. The molecule has 6 heteroatoms. The second-order valence-corrected chi connectivity index (χ2v) is 6.21. The highest BCUT2D eigenvalue weighted by molar-refractivity contribution is 6.23. The number of nitrogens with one attached hydrogen (secondary N) is 1. The van der Waals surface area contributed by atoms with Crippen molar-refractivity contribution >= 4 is 38.5 Å². The van der Waals surface area contributed by atoms with Crippen LogP contribution in [0.2, 0.25) is 0 Å². The van der Waals surface area contributed by atoms with Crippen LogP contribution in [0.4, 0.5) is 0 Å². The van der Waals surface area contributed by atoms with Gasteiger partial charge >= 0.3 is 5.97 Å². The number of para-hydroxylation sites is 1. The second-order valence-electron chi connectivity index (χ2n) is 6.21. The molecule has 0 atom stereocenters. The summed E-state index contributed by atoms with van der Waals surface area (Å²) >= 11 is 0. The number of hydrogen-bond donors (Lipinski definition) is 2. The number of fused-ring (bicyclic) bond motifs is 4. The summed E-state index contributed by atoms with van der Waals surface area (Å²) in [7, 11) is 1.42. The van der Waals surface area contributed by atoms with Crippen LogP contribution < -0.4 is 22.7 Å². The van der Waals surface area contributed by atoms with E-state index in [2.05, 4.69) is 28.7 Å². The minimum Gasteiger partial charge on any atom is -1.00 e. The van der Waals surface area contributed by atoms with Crippen molar-refractivity contribution in [2.75, 3.05) is 13.7 Å². The van der Waals surface area contributed by atoms with E-state index < -0.39 is 0 Å². The molecular weight excluding hydrogens is 350 g/mol.